The maximum absolute atomic E-state index is 5.72. The minimum atomic E-state index is 0.697. The fourth-order valence-electron chi connectivity index (χ4n) is 0.722. The predicted octanol–water partition coefficient (Wildman–Crippen LogP) is 2.81. The Balaban J connectivity index is 3.07. The van der Waals surface area contributed by atoms with Gasteiger partial charge in [0, 0.05) is 6.54 Å². The van der Waals surface area contributed by atoms with E-state index in [1.807, 2.05) is 11.5 Å². The molecule has 1 nitrogen and oxygen atoms in total. The molecule has 0 unspecified atom stereocenters. The summed E-state index contributed by atoms with van der Waals surface area (Å²) in [5.74, 6) is 0. The van der Waals surface area contributed by atoms with Gasteiger partial charge < -0.3 is 4.57 Å². The van der Waals surface area contributed by atoms with Gasteiger partial charge in [0.15, 0.2) is 0 Å². The molecule has 0 aliphatic rings. The maximum Gasteiger partial charge on any atom is 0.110 e. The van der Waals surface area contributed by atoms with E-state index in [4.69, 9.17) is 23.2 Å². The molecule has 1 rings (SSSR count). The van der Waals surface area contributed by atoms with Crippen molar-refractivity contribution in [2.75, 3.05) is 0 Å². The molecule has 0 aliphatic heterocycles. The van der Waals surface area contributed by atoms with Crippen molar-refractivity contribution in [1.82, 2.24) is 4.57 Å². The van der Waals surface area contributed by atoms with Gasteiger partial charge in [-0.15, -0.1) is 0 Å². The van der Waals surface area contributed by atoms with Crippen molar-refractivity contribution in [2.45, 2.75) is 13.5 Å². The molecule has 0 saturated carbocycles. The van der Waals surface area contributed by atoms with Crippen LogP contribution < -0.4 is 0 Å². The first-order valence-electron chi connectivity index (χ1n) is 2.76. The van der Waals surface area contributed by atoms with Crippen molar-refractivity contribution >= 4 is 23.2 Å². The number of nitrogens with zero attached hydrogens (tertiary/aromatic N) is 1. The van der Waals surface area contributed by atoms with Crippen molar-refractivity contribution in [3.63, 3.8) is 0 Å². The Morgan fingerprint density at radius 3 is 2.00 bits per heavy atom. The van der Waals surface area contributed by atoms with Crippen LogP contribution in [-0.4, -0.2) is 4.57 Å². The molecule has 0 amide bonds. The van der Waals surface area contributed by atoms with Gasteiger partial charge in [-0.3, -0.25) is 0 Å². The second-order valence-corrected chi connectivity index (χ2v) is 2.50. The molecule has 0 fully saturated rings. The van der Waals surface area contributed by atoms with Gasteiger partial charge in [0.05, 0.1) is 0 Å². The summed E-state index contributed by atoms with van der Waals surface area (Å²) in [6.45, 7) is 2.82. The minimum Gasteiger partial charge on any atom is -0.323 e. The third-order valence-corrected chi connectivity index (χ3v) is 1.85. The summed E-state index contributed by atoms with van der Waals surface area (Å²) in [5.41, 5.74) is 0. The zero-order chi connectivity index (χ0) is 6.85. The minimum absolute atomic E-state index is 0.697. The van der Waals surface area contributed by atoms with Gasteiger partial charge in [0.2, 0.25) is 0 Å². The van der Waals surface area contributed by atoms with E-state index in [0.717, 1.165) is 6.54 Å². The highest BCUT2D eigenvalue weighted by molar-refractivity contribution is 6.33. The average Bonchev–Trinajstić information content (AvgIpc) is 2.12. The first-order valence-corrected chi connectivity index (χ1v) is 3.52. The zero-order valence-electron chi connectivity index (χ0n) is 5.06. The van der Waals surface area contributed by atoms with Gasteiger partial charge in [-0.1, -0.05) is 23.2 Å². The fraction of sp³-hybridized carbons (Fsp3) is 0.333. The quantitative estimate of drug-likeness (QED) is 0.601. The molecule has 0 bridgehead atoms. The molecular formula is C6H7Cl2N. The highest BCUT2D eigenvalue weighted by Crippen LogP contribution is 2.18. The lowest BCUT2D eigenvalue weighted by Crippen LogP contribution is -1.91. The lowest BCUT2D eigenvalue weighted by molar-refractivity contribution is 0.771. The highest BCUT2D eigenvalue weighted by atomic mass is 35.5. The number of aromatic nitrogens is 1. The molecule has 3 heteroatoms. The SMILES string of the molecule is CCn1c(Cl)ccc1Cl. The summed E-state index contributed by atoms with van der Waals surface area (Å²) in [5, 5.41) is 1.39. The van der Waals surface area contributed by atoms with Crippen LogP contribution >= 0.6 is 23.2 Å². The topological polar surface area (TPSA) is 4.93 Å². The van der Waals surface area contributed by atoms with Crippen LogP contribution in [0.5, 0.6) is 0 Å². The van der Waals surface area contributed by atoms with Gasteiger partial charge in [0.25, 0.3) is 0 Å². The number of halogens is 2. The van der Waals surface area contributed by atoms with Crippen LogP contribution in [0.1, 0.15) is 6.92 Å². The third-order valence-electron chi connectivity index (χ3n) is 1.19. The predicted molar refractivity (Wildman–Crippen MR) is 40.1 cm³/mol. The summed E-state index contributed by atoms with van der Waals surface area (Å²) < 4.78 is 1.82. The molecule has 1 heterocycles. The van der Waals surface area contributed by atoms with E-state index in [0.29, 0.717) is 10.3 Å². The van der Waals surface area contributed by atoms with Crippen LogP contribution in [0.15, 0.2) is 12.1 Å². The van der Waals surface area contributed by atoms with Gasteiger partial charge >= 0.3 is 0 Å². The van der Waals surface area contributed by atoms with Gasteiger partial charge in [-0.2, -0.15) is 0 Å². The molecule has 9 heavy (non-hydrogen) atoms. The van der Waals surface area contributed by atoms with Crippen LogP contribution in [0.2, 0.25) is 10.3 Å². The van der Waals surface area contributed by atoms with Gasteiger partial charge in [-0.25, -0.2) is 0 Å². The number of rotatable bonds is 1. The molecule has 1 aromatic heterocycles. The monoisotopic (exact) mass is 163 g/mol. The van der Waals surface area contributed by atoms with Crippen LogP contribution in [0.4, 0.5) is 0 Å². The normalized spacial score (nSPS) is 10.1. The second kappa shape index (κ2) is 2.63. The maximum atomic E-state index is 5.72. The van der Waals surface area contributed by atoms with E-state index in [9.17, 15) is 0 Å². The Hall–Kier alpha value is -0.140. The summed E-state index contributed by atoms with van der Waals surface area (Å²) in [4.78, 5) is 0. The fourth-order valence-corrected chi connectivity index (χ4v) is 1.31. The van der Waals surface area contributed by atoms with E-state index in [1.54, 1.807) is 12.1 Å². The first kappa shape index (κ1) is 6.97. The Morgan fingerprint density at radius 2 is 1.78 bits per heavy atom. The van der Waals surface area contributed by atoms with Crippen LogP contribution in [-0.2, 0) is 6.54 Å². The van der Waals surface area contributed by atoms with E-state index in [2.05, 4.69) is 0 Å². The third kappa shape index (κ3) is 1.22. The van der Waals surface area contributed by atoms with Crippen molar-refractivity contribution in [1.29, 1.82) is 0 Å². The Bertz CT molecular complexity index is 185. The van der Waals surface area contributed by atoms with E-state index in [1.165, 1.54) is 0 Å². The van der Waals surface area contributed by atoms with Crippen LogP contribution in [0, 0.1) is 0 Å². The van der Waals surface area contributed by atoms with Crippen molar-refractivity contribution in [3.8, 4) is 0 Å². The lowest BCUT2D eigenvalue weighted by Gasteiger charge is -1.99. The Morgan fingerprint density at radius 1 is 1.33 bits per heavy atom. The number of hydrogen-bond donors (Lipinski definition) is 0. The van der Waals surface area contributed by atoms with Gasteiger partial charge in [-0.05, 0) is 19.1 Å². The lowest BCUT2D eigenvalue weighted by atomic mass is 10.7. The summed E-state index contributed by atoms with van der Waals surface area (Å²) in [7, 11) is 0. The summed E-state index contributed by atoms with van der Waals surface area (Å²) in [6.07, 6.45) is 0. The van der Waals surface area contributed by atoms with E-state index in [-0.39, 0.29) is 0 Å². The molecule has 0 aliphatic carbocycles. The highest BCUT2D eigenvalue weighted by Gasteiger charge is 1.99. The molecular weight excluding hydrogens is 157 g/mol. The molecule has 50 valence electrons. The largest absolute Gasteiger partial charge is 0.323 e. The van der Waals surface area contributed by atoms with Crippen molar-refractivity contribution in [2.24, 2.45) is 0 Å². The molecule has 0 N–H and O–H groups in total. The summed E-state index contributed by atoms with van der Waals surface area (Å²) in [6, 6.07) is 3.57. The van der Waals surface area contributed by atoms with Crippen molar-refractivity contribution in [3.05, 3.63) is 22.4 Å². The molecule has 0 aromatic carbocycles. The molecule has 0 radical (unpaired) electrons. The first-order chi connectivity index (χ1) is 4.25. The van der Waals surface area contributed by atoms with Crippen LogP contribution in [0.25, 0.3) is 0 Å². The molecule has 0 spiro atoms. The van der Waals surface area contributed by atoms with E-state index < -0.39 is 0 Å². The Kier molecular flexibility index (Phi) is 2.04. The van der Waals surface area contributed by atoms with E-state index >= 15 is 0 Å². The summed E-state index contributed by atoms with van der Waals surface area (Å²) >= 11 is 11.4. The standard InChI is InChI=1S/C6H7Cl2N/c1-2-9-5(7)3-4-6(9)8/h3-4H,2H2,1H3. The average molecular weight is 164 g/mol. The molecule has 0 atom stereocenters. The Labute approximate surface area is 64.2 Å². The zero-order valence-corrected chi connectivity index (χ0v) is 6.58. The van der Waals surface area contributed by atoms with Crippen LogP contribution in [0.3, 0.4) is 0 Å². The van der Waals surface area contributed by atoms with Gasteiger partial charge in [0.1, 0.15) is 10.3 Å². The molecule has 1 aromatic rings. The van der Waals surface area contributed by atoms with Crippen molar-refractivity contribution < 1.29 is 0 Å². The second-order valence-electron chi connectivity index (χ2n) is 1.72. The number of hydrogen-bond acceptors (Lipinski definition) is 0. The smallest absolute Gasteiger partial charge is 0.110 e. The molecule has 0 saturated heterocycles.